The van der Waals surface area contributed by atoms with Gasteiger partial charge in [-0.1, -0.05) is 40.0 Å². The van der Waals surface area contributed by atoms with Gasteiger partial charge < -0.3 is 5.32 Å². The lowest BCUT2D eigenvalue weighted by Crippen LogP contribution is -2.50. The highest BCUT2D eigenvalue weighted by molar-refractivity contribution is 4.97. The summed E-state index contributed by atoms with van der Waals surface area (Å²) in [6, 6.07) is 2.58. The van der Waals surface area contributed by atoms with Gasteiger partial charge in [0.2, 0.25) is 0 Å². The molecule has 2 fully saturated rings. The Hall–Kier alpha value is -0.0800. The van der Waals surface area contributed by atoms with Crippen LogP contribution in [0.3, 0.4) is 0 Å². The number of rotatable bonds is 9. The van der Waals surface area contributed by atoms with Crippen molar-refractivity contribution < 1.29 is 0 Å². The number of fused-ring (bicyclic) bond motifs is 2. The van der Waals surface area contributed by atoms with E-state index in [-0.39, 0.29) is 0 Å². The Bertz CT molecular complexity index is 252. The largest absolute Gasteiger partial charge is 0.314 e. The van der Waals surface area contributed by atoms with E-state index in [4.69, 9.17) is 0 Å². The molecule has 2 nitrogen and oxygen atoms in total. The van der Waals surface area contributed by atoms with Crippen LogP contribution in [0.2, 0.25) is 0 Å². The fraction of sp³-hybridized carbons (Fsp3) is 1.00. The third-order valence-corrected chi connectivity index (χ3v) is 5.58. The van der Waals surface area contributed by atoms with Gasteiger partial charge in [-0.2, -0.15) is 0 Å². The maximum atomic E-state index is 3.77. The summed E-state index contributed by atoms with van der Waals surface area (Å²) in [4.78, 5) is 2.90. The first-order valence-electron chi connectivity index (χ1n) is 9.27. The number of hydrogen-bond donors (Lipinski definition) is 1. The molecule has 2 heterocycles. The van der Waals surface area contributed by atoms with E-state index >= 15 is 0 Å². The highest BCUT2D eigenvalue weighted by Gasteiger charge is 2.40. The van der Waals surface area contributed by atoms with Crippen LogP contribution in [-0.4, -0.2) is 36.1 Å². The minimum absolute atomic E-state index is 0.805. The highest BCUT2D eigenvalue weighted by atomic mass is 15.2. The summed E-state index contributed by atoms with van der Waals surface area (Å²) < 4.78 is 0. The number of nitrogens with zero attached hydrogens (tertiary/aromatic N) is 1. The minimum atomic E-state index is 0.805. The molecule has 2 saturated heterocycles. The van der Waals surface area contributed by atoms with Crippen LogP contribution in [-0.2, 0) is 0 Å². The molecule has 0 aromatic carbocycles. The fourth-order valence-electron chi connectivity index (χ4n) is 4.30. The van der Waals surface area contributed by atoms with Gasteiger partial charge >= 0.3 is 0 Å². The van der Waals surface area contributed by atoms with Crippen LogP contribution in [0.5, 0.6) is 0 Å². The molecule has 0 spiro atoms. The molecule has 3 unspecified atom stereocenters. The zero-order valence-corrected chi connectivity index (χ0v) is 14.0. The van der Waals surface area contributed by atoms with Crippen molar-refractivity contribution in [2.75, 3.05) is 13.1 Å². The third kappa shape index (κ3) is 4.21. The SMILES string of the molecule is CCCCC(CC)CN1C2CCC1CC(NCCC)C2. The summed E-state index contributed by atoms with van der Waals surface area (Å²) >= 11 is 0. The average Bonchev–Trinajstić information content (AvgIpc) is 2.70. The monoisotopic (exact) mass is 280 g/mol. The number of nitrogens with one attached hydrogen (secondary N) is 1. The number of unbranched alkanes of at least 4 members (excludes halogenated alkanes) is 1. The van der Waals surface area contributed by atoms with E-state index in [2.05, 4.69) is 31.0 Å². The maximum absolute atomic E-state index is 3.77. The second-order valence-corrected chi connectivity index (χ2v) is 7.12. The van der Waals surface area contributed by atoms with Crippen molar-refractivity contribution in [3.05, 3.63) is 0 Å². The third-order valence-electron chi connectivity index (χ3n) is 5.58. The summed E-state index contributed by atoms with van der Waals surface area (Å²) in [5.74, 6) is 0.943. The van der Waals surface area contributed by atoms with Crippen molar-refractivity contribution in [3.8, 4) is 0 Å². The zero-order valence-electron chi connectivity index (χ0n) is 14.0. The van der Waals surface area contributed by atoms with Gasteiger partial charge in [-0.3, -0.25) is 4.90 Å². The molecule has 2 aliphatic heterocycles. The first kappa shape index (κ1) is 16.3. The van der Waals surface area contributed by atoms with E-state index < -0.39 is 0 Å². The van der Waals surface area contributed by atoms with E-state index in [0.29, 0.717) is 0 Å². The van der Waals surface area contributed by atoms with Crippen LogP contribution in [0.4, 0.5) is 0 Å². The summed E-state index contributed by atoms with van der Waals surface area (Å²) in [5, 5.41) is 3.77. The van der Waals surface area contributed by atoms with E-state index in [1.54, 1.807) is 0 Å². The molecule has 0 saturated carbocycles. The lowest BCUT2D eigenvalue weighted by Gasteiger charge is -2.41. The second-order valence-electron chi connectivity index (χ2n) is 7.12. The molecule has 0 aromatic rings. The Morgan fingerprint density at radius 1 is 1.05 bits per heavy atom. The summed E-state index contributed by atoms with van der Waals surface area (Å²) in [6.07, 6.45) is 12.6. The Kier molecular flexibility index (Phi) is 6.83. The molecule has 0 aromatic heterocycles. The van der Waals surface area contributed by atoms with Crippen molar-refractivity contribution in [1.82, 2.24) is 10.2 Å². The van der Waals surface area contributed by atoms with Crippen molar-refractivity contribution in [3.63, 3.8) is 0 Å². The number of piperidine rings is 1. The number of hydrogen-bond acceptors (Lipinski definition) is 2. The van der Waals surface area contributed by atoms with Gasteiger partial charge in [-0.15, -0.1) is 0 Å². The lowest BCUT2D eigenvalue weighted by atomic mass is 9.93. The molecule has 1 N–H and O–H groups in total. The van der Waals surface area contributed by atoms with Crippen molar-refractivity contribution in [2.45, 2.75) is 96.7 Å². The van der Waals surface area contributed by atoms with Gasteiger partial charge in [-0.25, -0.2) is 0 Å². The van der Waals surface area contributed by atoms with E-state index in [1.165, 1.54) is 70.9 Å². The van der Waals surface area contributed by atoms with Gasteiger partial charge in [0.1, 0.15) is 0 Å². The molecule has 2 aliphatic rings. The van der Waals surface area contributed by atoms with E-state index in [0.717, 1.165) is 24.0 Å². The minimum Gasteiger partial charge on any atom is -0.314 e. The molecule has 0 radical (unpaired) electrons. The molecule has 20 heavy (non-hydrogen) atoms. The standard InChI is InChI=1S/C18H36N2/c1-4-7-8-15(6-3)14-20-17-9-10-18(20)13-16(12-17)19-11-5-2/h15-19H,4-14H2,1-3H3. The molecule has 3 atom stereocenters. The van der Waals surface area contributed by atoms with Crippen molar-refractivity contribution in [1.29, 1.82) is 0 Å². The van der Waals surface area contributed by atoms with Gasteiger partial charge in [0.05, 0.1) is 0 Å². The molecule has 2 heteroatoms. The Labute approximate surface area is 126 Å². The molecule has 0 aliphatic carbocycles. The Morgan fingerprint density at radius 3 is 2.30 bits per heavy atom. The predicted molar refractivity (Wildman–Crippen MR) is 88.1 cm³/mol. The smallest absolute Gasteiger partial charge is 0.0114 e. The maximum Gasteiger partial charge on any atom is 0.0114 e. The van der Waals surface area contributed by atoms with Crippen LogP contribution in [0, 0.1) is 5.92 Å². The van der Waals surface area contributed by atoms with Gasteiger partial charge in [0.25, 0.3) is 0 Å². The van der Waals surface area contributed by atoms with Crippen LogP contribution in [0.1, 0.15) is 78.6 Å². The summed E-state index contributed by atoms with van der Waals surface area (Å²) in [5.41, 5.74) is 0. The second kappa shape index (κ2) is 8.38. The van der Waals surface area contributed by atoms with Crippen LogP contribution >= 0.6 is 0 Å². The van der Waals surface area contributed by atoms with Gasteiger partial charge in [0, 0.05) is 24.7 Å². The average molecular weight is 280 g/mol. The fourth-order valence-corrected chi connectivity index (χ4v) is 4.30. The Balaban J connectivity index is 1.82. The molecule has 2 bridgehead atoms. The first-order valence-corrected chi connectivity index (χ1v) is 9.27. The van der Waals surface area contributed by atoms with Crippen LogP contribution in [0.25, 0.3) is 0 Å². The highest BCUT2D eigenvalue weighted by Crippen LogP contribution is 2.37. The molecular weight excluding hydrogens is 244 g/mol. The van der Waals surface area contributed by atoms with Gasteiger partial charge in [-0.05, 0) is 51.0 Å². The first-order chi connectivity index (χ1) is 9.78. The quantitative estimate of drug-likeness (QED) is 0.681. The van der Waals surface area contributed by atoms with Crippen LogP contribution in [0.15, 0.2) is 0 Å². The topological polar surface area (TPSA) is 15.3 Å². The van der Waals surface area contributed by atoms with E-state index in [1.807, 2.05) is 0 Å². The summed E-state index contributed by atoms with van der Waals surface area (Å²) in [6.45, 7) is 9.57. The van der Waals surface area contributed by atoms with Crippen molar-refractivity contribution in [2.24, 2.45) is 5.92 Å². The normalized spacial score (nSPS) is 31.6. The van der Waals surface area contributed by atoms with Crippen LogP contribution < -0.4 is 5.32 Å². The molecule has 118 valence electrons. The zero-order chi connectivity index (χ0) is 14.4. The van der Waals surface area contributed by atoms with E-state index in [9.17, 15) is 0 Å². The molecule has 2 rings (SSSR count). The molecular formula is C18H36N2. The predicted octanol–water partition coefficient (Wildman–Crippen LogP) is 4.20. The Morgan fingerprint density at radius 2 is 1.75 bits per heavy atom. The van der Waals surface area contributed by atoms with Crippen molar-refractivity contribution >= 4 is 0 Å². The lowest BCUT2D eigenvalue weighted by molar-refractivity contribution is 0.0941. The molecule has 0 amide bonds. The summed E-state index contributed by atoms with van der Waals surface area (Å²) in [7, 11) is 0. The van der Waals surface area contributed by atoms with Gasteiger partial charge in [0.15, 0.2) is 0 Å².